The van der Waals surface area contributed by atoms with Crippen molar-refractivity contribution >= 4 is 67.0 Å². The predicted molar refractivity (Wildman–Crippen MR) is 152 cm³/mol. The Hall–Kier alpha value is -2.74. The number of amides is 1. The summed E-state index contributed by atoms with van der Waals surface area (Å²) in [6, 6.07) is 23.6. The van der Waals surface area contributed by atoms with Gasteiger partial charge < -0.3 is 5.32 Å². The summed E-state index contributed by atoms with van der Waals surface area (Å²) in [5.74, 6) is -0.235. The van der Waals surface area contributed by atoms with Gasteiger partial charge in [0.2, 0.25) is 0 Å². The molecule has 6 rings (SSSR count). The number of anilines is 1. The molecule has 1 aliphatic heterocycles. The van der Waals surface area contributed by atoms with Crippen LogP contribution in [-0.4, -0.2) is 22.3 Å². The van der Waals surface area contributed by atoms with Gasteiger partial charge in [0, 0.05) is 45.7 Å². The van der Waals surface area contributed by atoms with Crippen molar-refractivity contribution in [2.24, 2.45) is 0 Å². The van der Waals surface area contributed by atoms with Crippen molar-refractivity contribution in [3.63, 3.8) is 0 Å². The predicted octanol–water partition coefficient (Wildman–Crippen LogP) is 8.14. The van der Waals surface area contributed by atoms with Crippen LogP contribution in [0, 0.1) is 0 Å². The fourth-order valence-electron chi connectivity index (χ4n) is 4.59. The lowest BCUT2D eigenvalue weighted by atomic mass is 10.0. The van der Waals surface area contributed by atoms with Crippen LogP contribution in [0.1, 0.15) is 26.4 Å². The number of rotatable bonds is 5. The molecule has 1 N–H and O–H groups in total. The molecule has 3 aromatic carbocycles. The minimum atomic E-state index is -0.235. The third kappa shape index (κ3) is 4.80. The topological polar surface area (TPSA) is 45.2 Å². The minimum absolute atomic E-state index is 0.235. The molecule has 36 heavy (non-hydrogen) atoms. The Labute approximate surface area is 227 Å². The Morgan fingerprint density at radius 1 is 0.972 bits per heavy atom. The van der Waals surface area contributed by atoms with E-state index >= 15 is 0 Å². The molecule has 0 fully saturated rings. The second-order valence-corrected chi connectivity index (χ2v) is 11.8. The largest absolute Gasteiger partial charge is 0.313 e. The smallest absolute Gasteiger partial charge is 0.256 e. The number of carbonyl (C=O) groups is 1. The van der Waals surface area contributed by atoms with E-state index in [1.54, 1.807) is 40.9 Å². The first kappa shape index (κ1) is 23.6. The summed E-state index contributed by atoms with van der Waals surface area (Å²) in [5.41, 5.74) is 5.02. The van der Waals surface area contributed by atoms with Crippen molar-refractivity contribution in [2.45, 2.75) is 19.5 Å². The van der Waals surface area contributed by atoms with E-state index in [0.29, 0.717) is 15.6 Å². The number of hydrogen-bond donors (Lipinski definition) is 1. The normalized spacial score (nSPS) is 13.6. The Bertz CT molecular complexity index is 1530. The number of fused-ring (bicyclic) bond motifs is 2. The van der Waals surface area contributed by atoms with Crippen LogP contribution >= 0.6 is 45.9 Å². The van der Waals surface area contributed by atoms with Gasteiger partial charge in [0.25, 0.3) is 5.91 Å². The number of halogens is 2. The molecule has 0 atom stereocenters. The number of thiophene rings is 1. The molecule has 0 bridgehead atoms. The number of nitrogens with one attached hydrogen (secondary N) is 1. The molecule has 0 radical (unpaired) electrons. The summed E-state index contributed by atoms with van der Waals surface area (Å²) in [6.07, 6.45) is 0.906. The van der Waals surface area contributed by atoms with Crippen LogP contribution in [-0.2, 0) is 19.5 Å². The highest BCUT2D eigenvalue weighted by molar-refractivity contribution is 7.23. The average molecular weight is 551 g/mol. The van der Waals surface area contributed by atoms with Gasteiger partial charge in [-0.2, -0.15) is 0 Å². The Balaban J connectivity index is 1.38. The van der Waals surface area contributed by atoms with Crippen LogP contribution in [0.4, 0.5) is 5.00 Å². The molecular weight excluding hydrogens is 529 g/mol. The fourth-order valence-corrected chi connectivity index (χ4v) is 7.51. The molecule has 0 aliphatic carbocycles. The molecule has 4 nitrogen and oxygen atoms in total. The van der Waals surface area contributed by atoms with E-state index in [2.05, 4.69) is 40.5 Å². The zero-order chi connectivity index (χ0) is 24.6. The standard InChI is InChI=1S/C28H21Cl2N3OS2/c29-19-12-18(13-20(30)14-19)26(34)32-28-25(27-31-22-8-4-5-9-23(22)35-27)21-10-11-33(16-24(21)36-28)15-17-6-2-1-3-7-17/h1-9,12-14H,10-11,15-16H2,(H,32,34). The van der Waals surface area contributed by atoms with Crippen LogP contribution in [0.5, 0.6) is 0 Å². The monoisotopic (exact) mass is 549 g/mol. The summed E-state index contributed by atoms with van der Waals surface area (Å²) < 4.78 is 1.13. The van der Waals surface area contributed by atoms with E-state index in [1.165, 1.54) is 16.0 Å². The number of thiazole rings is 1. The molecule has 1 amide bonds. The lowest BCUT2D eigenvalue weighted by Crippen LogP contribution is -2.29. The Kier molecular flexibility index (Phi) is 6.54. The van der Waals surface area contributed by atoms with Crippen molar-refractivity contribution in [3.05, 3.63) is 104 Å². The molecule has 5 aromatic rings. The Morgan fingerprint density at radius 3 is 2.50 bits per heavy atom. The number of nitrogens with zero attached hydrogens (tertiary/aromatic N) is 2. The summed E-state index contributed by atoms with van der Waals surface area (Å²) in [6.45, 7) is 2.69. The summed E-state index contributed by atoms with van der Waals surface area (Å²) in [4.78, 5) is 21.9. The van der Waals surface area contributed by atoms with Gasteiger partial charge in [-0.3, -0.25) is 9.69 Å². The molecule has 1 aliphatic rings. The van der Waals surface area contributed by atoms with E-state index in [-0.39, 0.29) is 5.91 Å². The SMILES string of the molecule is O=C(Nc1sc2c(c1-c1nc3ccccc3s1)CCN(Cc1ccccc1)C2)c1cc(Cl)cc(Cl)c1. The molecule has 0 spiro atoms. The second-order valence-electron chi connectivity index (χ2n) is 8.75. The van der Waals surface area contributed by atoms with Crippen molar-refractivity contribution < 1.29 is 4.79 Å². The van der Waals surface area contributed by atoms with E-state index < -0.39 is 0 Å². The lowest BCUT2D eigenvalue weighted by molar-refractivity contribution is 0.102. The molecule has 0 saturated carbocycles. The number of para-hydroxylation sites is 1. The molecule has 2 aromatic heterocycles. The van der Waals surface area contributed by atoms with Gasteiger partial charge in [0.15, 0.2) is 0 Å². The van der Waals surface area contributed by atoms with Gasteiger partial charge in [-0.05, 0) is 47.9 Å². The molecule has 8 heteroatoms. The Morgan fingerprint density at radius 2 is 1.72 bits per heavy atom. The summed E-state index contributed by atoms with van der Waals surface area (Å²) in [7, 11) is 0. The van der Waals surface area contributed by atoms with E-state index in [4.69, 9.17) is 28.2 Å². The van der Waals surface area contributed by atoms with Crippen molar-refractivity contribution in [1.29, 1.82) is 0 Å². The third-order valence-electron chi connectivity index (χ3n) is 6.24. The first-order valence-corrected chi connectivity index (χ1v) is 14.0. The maximum absolute atomic E-state index is 13.2. The van der Waals surface area contributed by atoms with Gasteiger partial charge in [-0.25, -0.2) is 4.98 Å². The van der Waals surface area contributed by atoms with Crippen molar-refractivity contribution in [3.8, 4) is 10.6 Å². The average Bonchev–Trinajstić information content (AvgIpc) is 3.44. The first-order chi connectivity index (χ1) is 17.5. The third-order valence-corrected chi connectivity index (χ3v) is 8.87. The number of aromatic nitrogens is 1. The fraction of sp³-hybridized carbons (Fsp3) is 0.143. The van der Waals surface area contributed by atoms with Gasteiger partial charge in [0.1, 0.15) is 10.0 Å². The number of benzene rings is 3. The van der Waals surface area contributed by atoms with Crippen LogP contribution in [0.25, 0.3) is 20.8 Å². The van der Waals surface area contributed by atoms with Crippen LogP contribution in [0.2, 0.25) is 10.0 Å². The van der Waals surface area contributed by atoms with E-state index in [0.717, 1.165) is 51.8 Å². The summed E-state index contributed by atoms with van der Waals surface area (Å²) >= 11 is 15.6. The van der Waals surface area contributed by atoms with Gasteiger partial charge in [-0.15, -0.1) is 22.7 Å². The maximum Gasteiger partial charge on any atom is 0.256 e. The van der Waals surface area contributed by atoms with Crippen molar-refractivity contribution in [2.75, 3.05) is 11.9 Å². The summed E-state index contributed by atoms with van der Waals surface area (Å²) in [5, 5.41) is 5.78. The van der Waals surface area contributed by atoms with Crippen LogP contribution in [0.3, 0.4) is 0 Å². The van der Waals surface area contributed by atoms with Crippen LogP contribution < -0.4 is 5.32 Å². The molecule has 0 saturated heterocycles. The highest BCUT2D eigenvalue weighted by atomic mass is 35.5. The molecule has 180 valence electrons. The lowest BCUT2D eigenvalue weighted by Gasteiger charge is -2.27. The maximum atomic E-state index is 13.2. The zero-order valence-corrected chi connectivity index (χ0v) is 22.3. The number of carbonyl (C=O) groups excluding carboxylic acids is 1. The van der Waals surface area contributed by atoms with E-state index in [9.17, 15) is 4.79 Å². The molecule has 0 unspecified atom stereocenters. The van der Waals surface area contributed by atoms with Crippen LogP contribution in [0.15, 0.2) is 72.8 Å². The van der Waals surface area contributed by atoms with Crippen molar-refractivity contribution in [1.82, 2.24) is 9.88 Å². The second kappa shape index (κ2) is 9.96. The number of hydrogen-bond acceptors (Lipinski definition) is 5. The molecule has 3 heterocycles. The zero-order valence-electron chi connectivity index (χ0n) is 19.1. The van der Waals surface area contributed by atoms with Gasteiger partial charge in [-0.1, -0.05) is 65.7 Å². The minimum Gasteiger partial charge on any atom is -0.313 e. The molecular formula is C28H21Cl2N3OS2. The van der Waals surface area contributed by atoms with Gasteiger partial charge in [0.05, 0.1) is 10.2 Å². The van der Waals surface area contributed by atoms with Gasteiger partial charge >= 0.3 is 0 Å². The highest BCUT2D eigenvalue weighted by Gasteiger charge is 2.28. The highest BCUT2D eigenvalue weighted by Crippen LogP contribution is 2.46. The quantitative estimate of drug-likeness (QED) is 0.240. The first-order valence-electron chi connectivity index (χ1n) is 11.6. The van der Waals surface area contributed by atoms with E-state index in [1.807, 2.05) is 24.3 Å².